The third-order valence-electron chi connectivity index (χ3n) is 3.71. The van der Waals surface area contributed by atoms with Crippen LogP contribution in [0.4, 0.5) is 0 Å². The van der Waals surface area contributed by atoms with Gasteiger partial charge in [-0.2, -0.15) is 11.8 Å². The van der Waals surface area contributed by atoms with Gasteiger partial charge in [-0.1, -0.05) is 13.8 Å². The molecule has 0 aromatic carbocycles. The summed E-state index contributed by atoms with van der Waals surface area (Å²) in [7, 11) is 0. The Balaban J connectivity index is 2.09. The van der Waals surface area contributed by atoms with Crippen molar-refractivity contribution >= 4 is 11.8 Å². The molecule has 2 rings (SSSR count). The van der Waals surface area contributed by atoms with Crippen LogP contribution in [0.2, 0.25) is 0 Å². The summed E-state index contributed by atoms with van der Waals surface area (Å²) in [6.07, 6.45) is 4.65. The Hall–Kier alpha value is 0.270. The highest BCUT2D eigenvalue weighted by atomic mass is 32.2. The largest absolute Gasteiger partial charge is 0.353 e. The van der Waals surface area contributed by atoms with E-state index < -0.39 is 0 Å². The summed E-state index contributed by atoms with van der Waals surface area (Å²) in [5.74, 6) is 2.38. The molecule has 14 heavy (non-hydrogen) atoms. The zero-order valence-electron chi connectivity index (χ0n) is 9.27. The second kappa shape index (κ2) is 4.03. The van der Waals surface area contributed by atoms with E-state index in [1.54, 1.807) is 0 Å². The van der Waals surface area contributed by atoms with Crippen LogP contribution in [0.3, 0.4) is 0 Å². The summed E-state index contributed by atoms with van der Waals surface area (Å²) in [5.41, 5.74) is 0.186. The number of rotatable bonds is 2. The fourth-order valence-corrected chi connectivity index (χ4v) is 3.79. The van der Waals surface area contributed by atoms with E-state index in [0.717, 1.165) is 25.1 Å². The van der Waals surface area contributed by atoms with E-state index in [1.165, 1.54) is 18.6 Å². The predicted molar refractivity (Wildman–Crippen MR) is 61.7 cm³/mol. The topological polar surface area (TPSA) is 21.3 Å². The molecular weight excluding hydrogens is 194 g/mol. The molecule has 1 unspecified atom stereocenters. The summed E-state index contributed by atoms with van der Waals surface area (Å²) >= 11 is 2.01. The van der Waals surface area contributed by atoms with Crippen molar-refractivity contribution in [3.8, 4) is 0 Å². The van der Waals surface area contributed by atoms with Gasteiger partial charge in [-0.3, -0.25) is 5.32 Å². The van der Waals surface area contributed by atoms with Gasteiger partial charge in [0.25, 0.3) is 0 Å². The van der Waals surface area contributed by atoms with Crippen LogP contribution < -0.4 is 5.32 Å². The Morgan fingerprint density at radius 2 is 2.07 bits per heavy atom. The fraction of sp³-hybridized carbons (Fsp3) is 1.00. The van der Waals surface area contributed by atoms with E-state index in [0.29, 0.717) is 0 Å². The van der Waals surface area contributed by atoms with Crippen molar-refractivity contribution in [1.29, 1.82) is 0 Å². The summed E-state index contributed by atoms with van der Waals surface area (Å²) in [6, 6.07) is 0. The lowest BCUT2D eigenvalue weighted by molar-refractivity contribution is -0.191. The minimum Gasteiger partial charge on any atom is -0.353 e. The van der Waals surface area contributed by atoms with Crippen LogP contribution in [0.25, 0.3) is 0 Å². The normalized spacial score (nSPS) is 36.4. The minimum atomic E-state index is 0.0228. The van der Waals surface area contributed by atoms with Crippen LogP contribution in [0.1, 0.15) is 39.5 Å². The average molecular weight is 215 g/mol. The van der Waals surface area contributed by atoms with Crippen molar-refractivity contribution in [3.05, 3.63) is 0 Å². The lowest BCUT2D eigenvalue weighted by atomic mass is 9.90. The molecule has 0 saturated carbocycles. The number of hydrogen-bond donors (Lipinski definition) is 1. The van der Waals surface area contributed by atoms with Gasteiger partial charge >= 0.3 is 0 Å². The van der Waals surface area contributed by atoms with E-state index in [9.17, 15) is 0 Å². The molecule has 1 atom stereocenters. The van der Waals surface area contributed by atoms with Crippen LogP contribution in [-0.2, 0) is 4.74 Å². The molecule has 2 nitrogen and oxygen atoms in total. The zero-order chi connectivity index (χ0) is 10.1. The molecule has 0 amide bonds. The standard InChI is InChI=1S/C11H21NOS/c1-3-10(4-2)5-7-12-11(13-10)6-8-14-9-11/h12H,3-9H2,1-2H3. The monoisotopic (exact) mass is 215 g/mol. The molecule has 0 aromatic heterocycles. The molecule has 3 heteroatoms. The maximum absolute atomic E-state index is 6.39. The first-order valence-corrected chi connectivity index (χ1v) is 6.93. The molecule has 0 aliphatic carbocycles. The second-order valence-corrected chi connectivity index (χ2v) is 5.57. The van der Waals surface area contributed by atoms with E-state index in [1.807, 2.05) is 11.8 Å². The van der Waals surface area contributed by atoms with Crippen molar-refractivity contribution in [2.24, 2.45) is 0 Å². The van der Waals surface area contributed by atoms with Crippen LogP contribution in [-0.4, -0.2) is 29.4 Å². The summed E-state index contributed by atoms with van der Waals surface area (Å²) in [6.45, 7) is 5.64. The zero-order valence-corrected chi connectivity index (χ0v) is 10.1. The van der Waals surface area contributed by atoms with Crippen LogP contribution >= 0.6 is 11.8 Å². The summed E-state index contributed by atoms with van der Waals surface area (Å²) in [5, 5.41) is 3.57. The van der Waals surface area contributed by atoms with Gasteiger partial charge < -0.3 is 4.74 Å². The van der Waals surface area contributed by atoms with E-state index in [2.05, 4.69) is 19.2 Å². The van der Waals surface area contributed by atoms with Crippen LogP contribution in [0.15, 0.2) is 0 Å². The number of thioether (sulfide) groups is 1. The molecule has 0 radical (unpaired) electrons. The van der Waals surface area contributed by atoms with Crippen molar-refractivity contribution < 1.29 is 4.74 Å². The van der Waals surface area contributed by atoms with Gasteiger partial charge in [-0.25, -0.2) is 0 Å². The molecule has 2 saturated heterocycles. The van der Waals surface area contributed by atoms with Gasteiger partial charge in [0.05, 0.1) is 5.60 Å². The predicted octanol–water partition coefficient (Wildman–Crippen LogP) is 2.39. The smallest absolute Gasteiger partial charge is 0.129 e. The summed E-state index contributed by atoms with van der Waals surface area (Å²) < 4.78 is 6.39. The molecule has 0 aromatic rings. The highest BCUT2D eigenvalue weighted by Gasteiger charge is 2.45. The van der Waals surface area contributed by atoms with Gasteiger partial charge in [0.2, 0.25) is 0 Å². The number of hydrogen-bond acceptors (Lipinski definition) is 3. The average Bonchev–Trinajstić information content (AvgIpc) is 2.66. The lowest BCUT2D eigenvalue weighted by Crippen LogP contribution is -2.59. The highest BCUT2D eigenvalue weighted by molar-refractivity contribution is 7.99. The molecule has 2 aliphatic rings. The molecule has 82 valence electrons. The van der Waals surface area contributed by atoms with E-state index in [4.69, 9.17) is 4.74 Å². The molecule has 1 spiro atoms. The lowest BCUT2D eigenvalue weighted by Gasteiger charge is -2.46. The maximum Gasteiger partial charge on any atom is 0.129 e. The Morgan fingerprint density at radius 3 is 2.64 bits per heavy atom. The molecular formula is C11H21NOS. The molecule has 2 heterocycles. The van der Waals surface area contributed by atoms with Crippen molar-refractivity contribution in [3.63, 3.8) is 0 Å². The van der Waals surface area contributed by atoms with Gasteiger partial charge in [-0.05, 0) is 31.4 Å². The SMILES string of the molecule is CCC1(CC)CCNC2(CCSC2)O1. The minimum absolute atomic E-state index is 0.0228. The van der Waals surface area contributed by atoms with Crippen LogP contribution in [0.5, 0.6) is 0 Å². The first-order valence-electron chi connectivity index (χ1n) is 5.77. The molecule has 2 fully saturated rings. The van der Waals surface area contributed by atoms with Gasteiger partial charge in [0.1, 0.15) is 5.72 Å². The molecule has 2 aliphatic heterocycles. The Labute approximate surface area is 91.2 Å². The van der Waals surface area contributed by atoms with E-state index in [-0.39, 0.29) is 11.3 Å². The van der Waals surface area contributed by atoms with Crippen LogP contribution in [0, 0.1) is 0 Å². The Morgan fingerprint density at radius 1 is 1.29 bits per heavy atom. The van der Waals surface area contributed by atoms with Crippen molar-refractivity contribution in [1.82, 2.24) is 5.32 Å². The maximum atomic E-state index is 6.39. The van der Waals surface area contributed by atoms with E-state index >= 15 is 0 Å². The van der Waals surface area contributed by atoms with Gasteiger partial charge in [0.15, 0.2) is 0 Å². The number of nitrogens with one attached hydrogen (secondary N) is 1. The highest BCUT2D eigenvalue weighted by Crippen LogP contribution is 2.39. The first-order chi connectivity index (χ1) is 6.74. The third kappa shape index (κ3) is 1.82. The molecule has 0 bridgehead atoms. The quantitative estimate of drug-likeness (QED) is 0.764. The first kappa shape index (κ1) is 10.8. The number of ether oxygens (including phenoxy) is 1. The third-order valence-corrected chi connectivity index (χ3v) is 4.88. The van der Waals surface area contributed by atoms with Crippen molar-refractivity contribution in [2.75, 3.05) is 18.1 Å². The summed E-state index contributed by atoms with van der Waals surface area (Å²) in [4.78, 5) is 0. The molecule has 1 N–H and O–H groups in total. The van der Waals surface area contributed by atoms with Gasteiger partial charge in [-0.15, -0.1) is 0 Å². The fourth-order valence-electron chi connectivity index (χ4n) is 2.53. The Kier molecular flexibility index (Phi) is 3.10. The van der Waals surface area contributed by atoms with Crippen molar-refractivity contribution in [2.45, 2.75) is 50.9 Å². The Bertz CT molecular complexity index is 193. The second-order valence-electron chi connectivity index (χ2n) is 4.47. The van der Waals surface area contributed by atoms with Gasteiger partial charge in [0, 0.05) is 12.3 Å².